The molecule has 0 unspecified atom stereocenters. The van der Waals surface area contributed by atoms with Crippen LogP contribution in [0, 0.1) is 19.8 Å². The molecule has 0 saturated carbocycles. The minimum atomic E-state index is 0.135. The van der Waals surface area contributed by atoms with Crippen LogP contribution in [0.15, 0.2) is 24.3 Å². The zero-order valence-corrected chi connectivity index (χ0v) is 16.6. The summed E-state index contributed by atoms with van der Waals surface area (Å²) in [6, 6.07) is 7.63. The van der Waals surface area contributed by atoms with E-state index < -0.39 is 0 Å². The summed E-state index contributed by atoms with van der Waals surface area (Å²) in [6.07, 6.45) is 1.22. The molecule has 2 rings (SSSR count). The van der Waals surface area contributed by atoms with Gasteiger partial charge in [0.15, 0.2) is 0 Å². The average molecular weight is 362 g/mol. The maximum atomic E-state index is 12.5. The zero-order chi connectivity index (χ0) is 18.6. The Morgan fingerprint density at radius 3 is 2.68 bits per heavy atom. The highest BCUT2D eigenvalue weighted by atomic mass is 35.5. The normalized spacial score (nSPS) is 11.2. The lowest BCUT2D eigenvalue weighted by Gasteiger charge is -2.17. The number of carbonyl (C=O) groups excluding carboxylic acids is 1. The van der Waals surface area contributed by atoms with Crippen LogP contribution in [-0.4, -0.2) is 27.6 Å². The van der Waals surface area contributed by atoms with Crippen molar-refractivity contribution in [3.8, 4) is 0 Å². The van der Waals surface area contributed by atoms with E-state index in [1.807, 2.05) is 38.2 Å². The summed E-state index contributed by atoms with van der Waals surface area (Å²) in [6.45, 7) is 9.98. The first-order chi connectivity index (χ1) is 11.8. The van der Waals surface area contributed by atoms with Gasteiger partial charge in [-0.2, -0.15) is 5.10 Å². The Kier molecular flexibility index (Phi) is 6.65. The number of amides is 1. The smallest absolute Gasteiger partial charge is 0.222 e. The summed E-state index contributed by atoms with van der Waals surface area (Å²) < 4.78 is 2.06. The van der Waals surface area contributed by atoms with Crippen molar-refractivity contribution in [3.05, 3.63) is 51.8 Å². The van der Waals surface area contributed by atoms with Crippen molar-refractivity contribution in [1.29, 1.82) is 0 Å². The topological polar surface area (TPSA) is 38.1 Å². The second-order valence-electron chi connectivity index (χ2n) is 7.11. The molecule has 0 N–H and O–H groups in total. The Morgan fingerprint density at radius 2 is 2.04 bits per heavy atom. The Labute approximate surface area is 155 Å². The van der Waals surface area contributed by atoms with E-state index in [1.165, 1.54) is 11.3 Å². The molecule has 1 aromatic heterocycles. The number of benzene rings is 1. The van der Waals surface area contributed by atoms with Crippen LogP contribution >= 0.6 is 11.6 Å². The van der Waals surface area contributed by atoms with Gasteiger partial charge < -0.3 is 4.90 Å². The second kappa shape index (κ2) is 8.52. The van der Waals surface area contributed by atoms with Gasteiger partial charge in [0.2, 0.25) is 5.91 Å². The Hall–Kier alpha value is -1.81. The fourth-order valence-corrected chi connectivity index (χ4v) is 3.25. The molecule has 0 atom stereocenters. The minimum Gasteiger partial charge on any atom is -0.341 e. The standard InChI is InChI=1S/C20H28ClN3O/c1-14(2)12-24-16(4)19(15(3)22-24)9-10-20(25)23(5)13-17-7-6-8-18(21)11-17/h6-8,11,14H,9-10,12-13H2,1-5H3. The molecule has 2 aromatic rings. The third-order valence-electron chi connectivity index (χ3n) is 4.39. The van der Waals surface area contributed by atoms with Crippen LogP contribution in [0.5, 0.6) is 0 Å². The van der Waals surface area contributed by atoms with Crippen molar-refractivity contribution in [2.24, 2.45) is 5.92 Å². The highest BCUT2D eigenvalue weighted by Crippen LogP contribution is 2.18. The Bertz CT molecular complexity index is 737. The van der Waals surface area contributed by atoms with Gasteiger partial charge in [-0.15, -0.1) is 0 Å². The van der Waals surface area contributed by atoms with E-state index in [0.717, 1.165) is 24.2 Å². The first kappa shape index (κ1) is 19.5. The number of nitrogens with zero attached hydrogens (tertiary/aromatic N) is 3. The summed E-state index contributed by atoms with van der Waals surface area (Å²) in [4.78, 5) is 14.2. The molecule has 0 spiro atoms. The average Bonchev–Trinajstić information content (AvgIpc) is 2.78. The van der Waals surface area contributed by atoms with Gasteiger partial charge in [0, 0.05) is 37.3 Å². The molecular weight excluding hydrogens is 334 g/mol. The van der Waals surface area contributed by atoms with Gasteiger partial charge >= 0.3 is 0 Å². The fourth-order valence-electron chi connectivity index (χ4n) is 3.04. The van der Waals surface area contributed by atoms with Gasteiger partial charge in [-0.25, -0.2) is 0 Å². The number of rotatable bonds is 7. The van der Waals surface area contributed by atoms with Crippen LogP contribution in [0.2, 0.25) is 5.02 Å². The molecule has 0 bridgehead atoms. The largest absolute Gasteiger partial charge is 0.341 e. The van der Waals surface area contributed by atoms with Gasteiger partial charge in [-0.1, -0.05) is 37.6 Å². The van der Waals surface area contributed by atoms with E-state index >= 15 is 0 Å². The molecule has 1 amide bonds. The van der Waals surface area contributed by atoms with Crippen LogP contribution in [0.3, 0.4) is 0 Å². The number of hydrogen-bond donors (Lipinski definition) is 0. The van der Waals surface area contributed by atoms with Crippen molar-refractivity contribution in [2.45, 2.75) is 53.6 Å². The molecule has 5 heteroatoms. The Balaban J connectivity index is 1.96. The predicted molar refractivity (Wildman–Crippen MR) is 103 cm³/mol. The van der Waals surface area contributed by atoms with E-state index in [1.54, 1.807) is 4.90 Å². The van der Waals surface area contributed by atoms with E-state index in [4.69, 9.17) is 11.6 Å². The molecular formula is C20H28ClN3O. The van der Waals surface area contributed by atoms with Crippen molar-refractivity contribution in [3.63, 3.8) is 0 Å². The maximum Gasteiger partial charge on any atom is 0.222 e. The summed E-state index contributed by atoms with van der Waals surface area (Å²) in [5.74, 6) is 0.687. The number of hydrogen-bond acceptors (Lipinski definition) is 2. The van der Waals surface area contributed by atoms with Crippen LogP contribution in [0.4, 0.5) is 0 Å². The minimum absolute atomic E-state index is 0.135. The van der Waals surface area contributed by atoms with Crippen LogP contribution in [0.1, 0.15) is 42.8 Å². The third-order valence-corrected chi connectivity index (χ3v) is 4.63. The van der Waals surface area contributed by atoms with E-state index in [9.17, 15) is 4.79 Å². The number of halogens is 1. The lowest BCUT2D eigenvalue weighted by atomic mass is 10.1. The molecule has 1 aromatic carbocycles. The first-order valence-corrected chi connectivity index (χ1v) is 9.17. The van der Waals surface area contributed by atoms with E-state index in [-0.39, 0.29) is 5.91 Å². The summed E-state index contributed by atoms with van der Waals surface area (Å²) in [5, 5.41) is 5.32. The molecule has 4 nitrogen and oxygen atoms in total. The van der Waals surface area contributed by atoms with Crippen molar-refractivity contribution >= 4 is 17.5 Å². The van der Waals surface area contributed by atoms with Gasteiger partial charge in [0.25, 0.3) is 0 Å². The van der Waals surface area contributed by atoms with Gasteiger partial charge in [0.1, 0.15) is 0 Å². The molecule has 0 aliphatic rings. The van der Waals surface area contributed by atoms with E-state index in [0.29, 0.717) is 23.9 Å². The second-order valence-corrected chi connectivity index (χ2v) is 7.54. The maximum absolute atomic E-state index is 12.5. The monoisotopic (exact) mass is 361 g/mol. The third kappa shape index (κ3) is 5.33. The predicted octanol–water partition coefficient (Wildman–Crippen LogP) is 4.40. The molecule has 25 heavy (non-hydrogen) atoms. The van der Waals surface area contributed by atoms with Crippen LogP contribution in [0.25, 0.3) is 0 Å². The lowest BCUT2D eigenvalue weighted by molar-refractivity contribution is -0.130. The quantitative estimate of drug-likeness (QED) is 0.733. The highest BCUT2D eigenvalue weighted by molar-refractivity contribution is 6.30. The van der Waals surface area contributed by atoms with Gasteiger partial charge in [-0.3, -0.25) is 9.48 Å². The molecule has 1 heterocycles. The lowest BCUT2D eigenvalue weighted by Crippen LogP contribution is -2.26. The van der Waals surface area contributed by atoms with Crippen LogP contribution < -0.4 is 0 Å². The number of carbonyl (C=O) groups is 1. The Morgan fingerprint density at radius 1 is 1.32 bits per heavy atom. The fraction of sp³-hybridized carbons (Fsp3) is 0.500. The van der Waals surface area contributed by atoms with Crippen molar-refractivity contribution in [1.82, 2.24) is 14.7 Å². The van der Waals surface area contributed by atoms with Crippen LogP contribution in [-0.2, 0) is 24.3 Å². The van der Waals surface area contributed by atoms with Gasteiger partial charge in [-0.05, 0) is 49.4 Å². The molecule has 0 aliphatic carbocycles. The van der Waals surface area contributed by atoms with Crippen molar-refractivity contribution < 1.29 is 4.79 Å². The van der Waals surface area contributed by atoms with Gasteiger partial charge in [0.05, 0.1) is 5.69 Å². The molecule has 0 radical (unpaired) electrons. The zero-order valence-electron chi connectivity index (χ0n) is 15.8. The molecule has 136 valence electrons. The van der Waals surface area contributed by atoms with E-state index in [2.05, 4.69) is 30.6 Å². The summed E-state index contributed by atoms with van der Waals surface area (Å²) >= 11 is 6.01. The molecule has 0 aliphatic heterocycles. The number of aryl methyl sites for hydroxylation is 1. The first-order valence-electron chi connectivity index (χ1n) is 8.79. The molecule has 0 saturated heterocycles. The SMILES string of the molecule is Cc1nn(CC(C)C)c(C)c1CCC(=O)N(C)Cc1cccc(Cl)c1. The summed E-state index contributed by atoms with van der Waals surface area (Å²) in [5.41, 5.74) is 4.45. The molecule has 0 fully saturated rings. The number of aromatic nitrogens is 2. The summed E-state index contributed by atoms with van der Waals surface area (Å²) in [7, 11) is 1.84. The van der Waals surface area contributed by atoms with Crippen molar-refractivity contribution in [2.75, 3.05) is 7.05 Å². The highest BCUT2D eigenvalue weighted by Gasteiger charge is 2.15.